The zero-order valence-corrected chi connectivity index (χ0v) is 32.7. The molecule has 250 valence electrons. The first-order chi connectivity index (χ1) is 22.7. The van der Waals surface area contributed by atoms with Gasteiger partial charge in [0.15, 0.2) is 0 Å². The van der Waals surface area contributed by atoms with Crippen molar-refractivity contribution in [3.8, 4) is 11.4 Å². The molecule has 0 saturated heterocycles. The van der Waals surface area contributed by atoms with E-state index in [0.29, 0.717) is 0 Å². The summed E-state index contributed by atoms with van der Waals surface area (Å²) in [7, 11) is 0. The molecule has 7 aromatic rings. The van der Waals surface area contributed by atoms with Crippen molar-refractivity contribution in [2.24, 2.45) is 0 Å². The highest BCUT2D eigenvalue weighted by Gasteiger charge is 2.25. The van der Waals surface area contributed by atoms with Crippen LogP contribution in [0, 0.1) is 6.92 Å². The van der Waals surface area contributed by atoms with Gasteiger partial charge in [0.25, 0.3) is 0 Å². The molecule has 7 rings (SSSR count). The quantitative estimate of drug-likeness (QED) is 0.162. The maximum absolute atomic E-state index is 4.39. The van der Waals surface area contributed by atoms with Crippen LogP contribution in [0.5, 0.6) is 0 Å². The summed E-state index contributed by atoms with van der Waals surface area (Å²) < 4.78 is 6.04. The SMILES string of the molecule is [CH2+]C(C)(C)c1ccc(-n2c3ccc(C(C)(C)C)cc3c3cc4c(cc32)c2cc(C(C)(C)C)ccc2n4-c2cc(Br)cc(C(C)(C)C)c2)cc1. The van der Waals surface area contributed by atoms with Crippen LogP contribution in [0.3, 0.4) is 0 Å². The van der Waals surface area contributed by atoms with Gasteiger partial charge in [-0.25, -0.2) is 0 Å². The second-order valence-corrected chi connectivity index (χ2v) is 18.8. The molecule has 0 aliphatic rings. The van der Waals surface area contributed by atoms with Gasteiger partial charge in [0.2, 0.25) is 0 Å². The van der Waals surface area contributed by atoms with Gasteiger partial charge >= 0.3 is 0 Å². The van der Waals surface area contributed by atoms with Gasteiger partial charge < -0.3 is 9.13 Å². The van der Waals surface area contributed by atoms with Crippen LogP contribution in [0.15, 0.2) is 95.5 Å². The van der Waals surface area contributed by atoms with Gasteiger partial charge in [-0.1, -0.05) is 103 Å². The van der Waals surface area contributed by atoms with E-state index in [0.717, 1.165) is 10.2 Å². The molecule has 3 heteroatoms. The van der Waals surface area contributed by atoms with Crippen LogP contribution in [0.25, 0.3) is 55.0 Å². The van der Waals surface area contributed by atoms with Crippen molar-refractivity contribution >= 4 is 59.5 Å². The summed E-state index contributed by atoms with van der Waals surface area (Å²) in [5.41, 5.74) is 12.4. The summed E-state index contributed by atoms with van der Waals surface area (Å²) in [6, 6.07) is 35.0. The van der Waals surface area contributed by atoms with Crippen molar-refractivity contribution < 1.29 is 0 Å². The first-order valence-electron chi connectivity index (χ1n) is 17.6. The third-order valence-electron chi connectivity index (χ3n) is 10.3. The standard InChI is InChI=1S/C46H50BrN2/c1-43(2,3)28-13-17-33(18-14-28)48-39-19-15-29(44(4,5)6)23-35(39)37-27-42-38(26-41(37)48)36-24-30(45(7,8)9)16-20-40(36)49(42)34-22-31(46(10,11)12)21-32(47)25-34/h13-27H,1H2,2-12H3/q+1. The van der Waals surface area contributed by atoms with Crippen molar-refractivity contribution in [3.05, 3.63) is 125 Å². The molecule has 0 atom stereocenters. The normalized spacial score (nSPS) is 13.4. The predicted molar refractivity (Wildman–Crippen MR) is 217 cm³/mol. The maximum Gasteiger partial charge on any atom is 0.125 e. The van der Waals surface area contributed by atoms with Crippen LogP contribution in [0.1, 0.15) is 98.4 Å². The Morgan fingerprint density at radius 3 is 1.24 bits per heavy atom. The molecule has 0 fully saturated rings. The number of fused-ring (bicyclic) bond motifs is 6. The lowest BCUT2D eigenvalue weighted by molar-refractivity contribution is 0.589. The fourth-order valence-electron chi connectivity index (χ4n) is 7.22. The van der Waals surface area contributed by atoms with Gasteiger partial charge in [-0.3, -0.25) is 0 Å². The van der Waals surface area contributed by atoms with E-state index in [1.54, 1.807) is 0 Å². The molecule has 5 aromatic carbocycles. The topological polar surface area (TPSA) is 9.86 Å². The number of hydrogen-bond acceptors (Lipinski definition) is 0. The molecular weight excluding hydrogens is 660 g/mol. The fourth-order valence-corrected chi connectivity index (χ4v) is 7.70. The van der Waals surface area contributed by atoms with Crippen LogP contribution >= 0.6 is 15.9 Å². The van der Waals surface area contributed by atoms with Crippen LogP contribution in [-0.4, -0.2) is 9.13 Å². The monoisotopic (exact) mass is 709 g/mol. The molecule has 0 unspecified atom stereocenters. The Balaban J connectivity index is 1.65. The zero-order chi connectivity index (χ0) is 35.4. The Morgan fingerprint density at radius 2 is 0.816 bits per heavy atom. The number of aromatic nitrogens is 2. The highest BCUT2D eigenvalue weighted by atomic mass is 79.9. The summed E-state index contributed by atoms with van der Waals surface area (Å²) >= 11 is 3.88. The van der Waals surface area contributed by atoms with E-state index in [2.05, 4.69) is 199 Å². The average Bonchev–Trinajstić information content (AvgIpc) is 3.49. The number of hydrogen-bond donors (Lipinski definition) is 0. The third kappa shape index (κ3) is 5.78. The van der Waals surface area contributed by atoms with Crippen LogP contribution < -0.4 is 0 Å². The van der Waals surface area contributed by atoms with Crippen molar-refractivity contribution in [3.63, 3.8) is 0 Å². The minimum Gasteiger partial charge on any atom is -0.309 e. The summed E-state index contributed by atoms with van der Waals surface area (Å²) in [6.45, 7) is 29.4. The molecule has 0 bridgehead atoms. The van der Waals surface area contributed by atoms with E-state index < -0.39 is 0 Å². The van der Waals surface area contributed by atoms with Gasteiger partial charge in [-0.2, -0.15) is 0 Å². The van der Waals surface area contributed by atoms with Gasteiger partial charge in [-0.15, -0.1) is 0 Å². The van der Waals surface area contributed by atoms with Crippen LogP contribution in [0.4, 0.5) is 0 Å². The molecule has 0 spiro atoms. The van der Waals surface area contributed by atoms with E-state index in [-0.39, 0.29) is 21.7 Å². The molecule has 2 heterocycles. The van der Waals surface area contributed by atoms with Crippen molar-refractivity contribution in [1.29, 1.82) is 0 Å². The zero-order valence-electron chi connectivity index (χ0n) is 31.1. The van der Waals surface area contributed by atoms with Crippen molar-refractivity contribution in [2.45, 2.75) is 97.8 Å². The molecular formula is C46H50BrN2+. The molecule has 0 aliphatic heterocycles. The first-order valence-corrected chi connectivity index (χ1v) is 18.4. The molecule has 49 heavy (non-hydrogen) atoms. The maximum atomic E-state index is 4.39. The van der Waals surface area contributed by atoms with Crippen LogP contribution in [-0.2, 0) is 21.7 Å². The summed E-state index contributed by atoms with van der Waals surface area (Å²) in [5.74, 6) is 0. The Hall–Kier alpha value is -3.95. The Labute approximate surface area is 301 Å². The van der Waals surface area contributed by atoms with Crippen molar-refractivity contribution in [1.82, 2.24) is 9.13 Å². The first kappa shape index (κ1) is 33.5. The lowest BCUT2D eigenvalue weighted by atomic mass is 9.86. The predicted octanol–water partition coefficient (Wildman–Crippen LogP) is 13.6. The Morgan fingerprint density at radius 1 is 0.408 bits per heavy atom. The minimum absolute atomic E-state index is 0.0132. The second kappa shape index (κ2) is 11.0. The Bertz CT molecular complexity index is 2400. The van der Waals surface area contributed by atoms with E-state index in [1.165, 1.54) is 71.6 Å². The molecule has 0 radical (unpaired) electrons. The summed E-state index contributed by atoms with van der Waals surface area (Å²) in [4.78, 5) is 0. The van der Waals surface area contributed by atoms with E-state index >= 15 is 0 Å². The number of rotatable bonds is 3. The van der Waals surface area contributed by atoms with Gasteiger partial charge in [0.1, 0.15) is 5.41 Å². The minimum atomic E-state index is -0.154. The lowest BCUT2D eigenvalue weighted by Crippen LogP contribution is -2.12. The Kier molecular flexibility index (Phi) is 7.55. The van der Waals surface area contributed by atoms with E-state index in [4.69, 9.17) is 0 Å². The largest absolute Gasteiger partial charge is 0.309 e. The number of halogens is 1. The lowest BCUT2D eigenvalue weighted by Gasteiger charge is -2.21. The highest BCUT2D eigenvalue weighted by molar-refractivity contribution is 9.10. The smallest absolute Gasteiger partial charge is 0.125 e. The second-order valence-electron chi connectivity index (χ2n) is 17.9. The molecule has 0 saturated carbocycles. The molecule has 0 amide bonds. The van der Waals surface area contributed by atoms with Crippen LogP contribution in [0.2, 0.25) is 0 Å². The number of benzene rings is 5. The fraction of sp³-hybridized carbons (Fsp3) is 0.326. The summed E-state index contributed by atoms with van der Waals surface area (Å²) in [5, 5.41) is 5.09. The third-order valence-corrected chi connectivity index (χ3v) is 10.8. The van der Waals surface area contributed by atoms with Gasteiger partial charge in [0.05, 0.1) is 29.0 Å². The van der Waals surface area contributed by atoms with Crippen molar-refractivity contribution in [2.75, 3.05) is 0 Å². The molecule has 2 aromatic heterocycles. The van der Waals surface area contributed by atoms with Gasteiger partial charge in [0, 0.05) is 43.0 Å². The van der Waals surface area contributed by atoms with Gasteiger partial charge in [-0.05, 0) is 114 Å². The molecule has 2 nitrogen and oxygen atoms in total. The summed E-state index contributed by atoms with van der Waals surface area (Å²) in [6.07, 6.45) is 0. The highest BCUT2D eigenvalue weighted by Crippen LogP contribution is 2.43. The van der Waals surface area contributed by atoms with E-state index in [1.807, 2.05) is 0 Å². The molecule has 0 N–H and O–H groups in total. The average molecular weight is 711 g/mol. The van der Waals surface area contributed by atoms with E-state index in [9.17, 15) is 0 Å². The number of nitrogens with zero attached hydrogens (tertiary/aromatic N) is 2. The molecule has 0 aliphatic carbocycles.